The number of anilines is 1. The van der Waals surface area contributed by atoms with Gasteiger partial charge in [-0.3, -0.25) is 0 Å². The van der Waals surface area contributed by atoms with E-state index in [1.807, 2.05) is 6.08 Å². The highest BCUT2D eigenvalue weighted by atomic mass is 15.2. The third kappa shape index (κ3) is 1.53. The first-order chi connectivity index (χ1) is 9.07. The molecule has 0 radical (unpaired) electrons. The second kappa shape index (κ2) is 3.95. The van der Waals surface area contributed by atoms with Crippen LogP contribution in [-0.2, 0) is 5.41 Å². The van der Waals surface area contributed by atoms with E-state index in [2.05, 4.69) is 62.2 Å². The van der Waals surface area contributed by atoms with E-state index in [0.29, 0.717) is 0 Å². The Balaban J connectivity index is 2.38. The Morgan fingerprint density at radius 3 is 2.58 bits per heavy atom. The van der Waals surface area contributed by atoms with Gasteiger partial charge in [0.25, 0.3) is 0 Å². The summed E-state index contributed by atoms with van der Waals surface area (Å²) in [5.74, 6) is 0. The number of fused-ring (bicyclic) bond motifs is 3. The average molecular weight is 250 g/mol. The Kier molecular flexibility index (Phi) is 2.49. The number of hydrogen-bond acceptors (Lipinski definition) is 2. The fraction of sp³-hybridized carbons (Fsp3) is 0.235. The Hall–Kier alpha value is -2.09. The Morgan fingerprint density at radius 1 is 1.11 bits per heavy atom. The molecule has 1 heterocycles. The quantitative estimate of drug-likeness (QED) is 0.758. The molecule has 0 saturated carbocycles. The highest BCUT2D eigenvalue weighted by Crippen LogP contribution is 2.49. The van der Waals surface area contributed by atoms with Gasteiger partial charge in [-0.15, -0.1) is 0 Å². The SMILES string of the molecule is CN1/C(=C\C=N)C(C)(C)c2ccc3ccccc3c21. The molecule has 96 valence electrons. The van der Waals surface area contributed by atoms with Crippen LogP contribution in [0.1, 0.15) is 19.4 Å². The molecule has 3 rings (SSSR count). The third-order valence-corrected chi connectivity index (χ3v) is 4.15. The van der Waals surface area contributed by atoms with Crippen molar-refractivity contribution < 1.29 is 0 Å². The Morgan fingerprint density at radius 2 is 1.84 bits per heavy atom. The molecule has 2 nitrogen and oxygen atoms in total. The second-order valence-corrected chi connectivity index (χ2v) is 5.59. The molecular formula is C17H18N2. The van der Waals surface area contributed by atoms with Crippen molar-refractivity contribution in [1.29, 1.82) is 5.41 Å². The summed E-state index contributed by atoms with van der Waals surface area (Å²) in [6.45, 7) is 4.44. The highest BCUT2D eigenvalue weighted by Gasteiger charge is 2.38. The number of likely N-dealkylation sites (N-methyl/N-ethyl adjacent to an activating group) is 1. The zero-order valence-electron chi connectivity index (χ0n) is 11.6. The standard InChI is InChI=1S/C17H18N2/c1-17(2)14-9-8-12-6-4-5-7-13(12)16(14)19(3)15(17)10-11-18/h4-11,18H,1-3H3/b15-10-,18-11?. The molecule has 0 unspecified atom stereocenters. The number of rotatable bonds is 1. The van der Waals surface area contributed by atoms with Crippen molar-refractivity contribution in [3.63, 3.8) is 0 Å². The maximum atomic E-state index is 7.38. The smallest absolute Gasteiger partial charge is 0.0527 e. The Labute approximate surface area is 113 Å². The van der Waals surface area contributed by atoms with E-state index in [9.17, 15) is 0 Å². The molecular weight excluding hydrogens is 232 g/mol. The minimum absolute atomic E-state index is 0.0499. The fourth-order valence-corrected chi connectivity index (χ4v) is 3.20. The molecule has 0 atom stereocenters. The summed E-state index contributed by atoms with van der Waals surface area (Å²) in [4.78, 5) is 2.22. The van der Waals surface area contributed by atoms with E-state index >= 15 is 0 Å². The predicted molar refractivity (Wildman–Crippen MR) is 82.2 cm³/mol. The number of allylic oxidation sites excluding steroid dienone is 2. The zero-order chi connectivity index (χ0) is 13.6. The second-order valence-electron chi connectivity index (χ2n) is 5.59. The van der Waals surface area contributed by atoms with Crippen LogP contribution >= 0.6 is 0 Å². The lowest BCUT2D eigenvalue weighted by atomic mass is 9.83. The predicted octanol–water partition coefficient (Wildman–Crippen LogP) is 4.10. The summed E-state index contributed by atoms with van der Waals surface area (Å²) in [7, 11) is 2.09. The van der Waals surface area contributed by atoms with Crippen molar-refractivity contribution in [3.05, 3.63) is 53.7 Å². The molecule has 2 aromatic rings. The fourth-order valence-electron chi connectivity index (χ4n) is 3.20. The van der Waals surface area contributed by atoms with E-state index in [1.54, 1.807) is 0 Å². The molecule has 1 aliphatic heterocycles. The lowest BCUT2D eigenvalue weighted by Crippen LogP contribution is -2.22. The van der Waals surface area contributed by atoms with Crippen molar-refractivity contribution in [2.75, 3.05) is 11.9 Å². The number of benzene rings is 2. The molecule has 1 N–H and O–H groups in total. The maximum Gasteiger partial charge on any atom is 0.0527 e. The first-order valence-corrected chi connectivity index (χ1v) is 6.54. The van der Waals surface area contributed by atoms with Gasteiger partial charge in [0.1, 0.15) is 0 Å². The minimum Gasteiger partial charge on any atom is -0.346 e. The van der Waals surface area contributed by atoms with Gasteiger partial charge < -0.3 is 10.3 Å². The van der Waals surface area contributed by atoms with E-state index < -0.39 is 0 Å². The van der Waals surface area contributed by atoms with Gasteiger partial charge in [-0.1, -0.05) is 50.2 Å². The Bertz CT molecular complexity index is 695. The van der Waals surface area contributed by atoms with Crippen LogP contribution < -0.4 is 4.90 Å². The van der Waals surface area contributed by atoms with E-state index in [4.69, 9.17) is 5.41 Å². The molecule has 1 aliphatic rings. The summed E-state index contributed by atoms with van der Waals surface area (Å²) >= 11 is 0. The van der Waals surface area contributed by atoms with Crippen LogP contribution in [-0.4, -0.2) is 13.3 Å². The van der Waals surface area contributed by atoms with E-state index in [-0.39, 0.29) is 5.41 Å². The van der Waals surface area contributed by atoms with E-state index in [1.165, 1.54) is 33.9 Å². The summed E-state index contributed by atoms with van der Waals surface area (Å²) in [6.07, 6.45) is 3.27. The molecule has 0 amide bonds. The molecule has 2 aromatic carbocycles. The lowest BCUT2D eigenvalue weighted by Gasteiger charge is -2.23. The van der Waals surface area contributed by atoms with Crippen LogP contribution in [0.4, 0.5) is 5.69 Å². The summed E-state index contributed by atoms with van der Waals surface area (Å²) in [6, 6.07) is 12.9. The molecule has 0 saturated heterocycles. The average Bonchev–Trinajstić information content (AvgIpc) is 2.60. The topological polar surface area (TPSA) is 27.1 Å². The van der Waals surface area contributed by atoms with Crippen LogP contribution in [0.2, 0.25) is 0 Å². The molecule has 0 spiro atoms. The van der Waals surface area contributed by atoms with Gasteiger partial charge in [0.05, 0.1) is 5.69 Å². The van der Waals surface area contributed by atoms with Crippen LogP contribution in [0.5, 0.6) is 0 Å². The van der Waals surface area contributed by atoms with Crippen molar-refractivity contribution in [2.24, 2.45) is 0 Å². The van der Waals surface area contributed by atoms with Crippen LogP contribution in [0, 0.1) is 5.41 Å². The lowest BCUT2D eigenvalue weighted by molar-refractivity contribution is 0.641. The summed E-state index contributed by atoms with van der Waals surface area (Å²) in [5.41, 5.74) is 3.73. The first kappa shape index (κ1) is 12.0. The summed E-state index contributed by atoms with van der Waals surface area (Å²) < 4.78 is 0. The van der Waals surface area contributed by atoms with Crippen LogP contribution in [0.15, 0.2) is 48.2 Å². The number of hydrogen-bond donors (Lipinski definition) is 1. The van der Waals surface area contributed by atoms with Gasteiger partial charge in [-0.05, 0) is 17.0 Å². The molecule has 19 heavy (non-hydrogen) atoms. The monoisotopic (exact) mass is 250 g/mol. The molecule has 0 aliphatic carbocycles. The highest BCUT2D eigenvalue weighted by molar-refractivity contribution is 5.99. The molecule has 0 fully saturated rings. The van der Waals surface area contributed by atoms with Gasteiger partial charge in [0.2, 0.25) is 0 Å². The molecule has 2 heteroatoms. The van der Waals surface area contributed by atoms with Crippen LogP contribution in [0.3, 0.4) is 0 Å². The van der Waals surface area contributed by atoms with Gasteiger partial charge in [0, 0.05) is 29.8 Å². The zero-order valence-corrected chi connectivity index (χ0v) is 11.6. The van der Waals surface area contributed by atoms with Crippen LogP contribution in [0.25, 0.3) is 10.8 Å². The largest absolute Gasteiger partial charge is 0.346 e. The number of nitrogens with one attached hydrogen (secondary N) is 1. The van der Waals surface area contributed by atoms with Crippen molar-refractivity contribution in [1.82, 2.24) is 0 Å². The van der Waals surface area contributed by atoms with Crippen molar-refractivity contribution in [2.45, 2.75) is 19.3 Å². The first-order valence-electron chi connectivity index (χ1n) is 6.54. The third-order valence-electron chi connectivity index (χ3n) is 4.15. The van der Waals surface area contributed by atoms with Crippen molar-refractivity contribution >= 4 is 22.7 Å². The van der Waals surface area contributed by atoms with Gasteiger partial charge in [0.15, 0.2) is 0 Å². The summed E-state index contributed by atoms with van der Waals surface area (Å²) in [5, 5.41) is 9.92. The van der Waals surface area contributed by atoms with E-state index in [0.717, 1.165) is 0 Å². The molecule has 0 bridgehead atoms. The minimum atomic E-state index is -0.0499. The number of nitrogens with zero attached hydrogens (tertiary/aromatic N) is 1. The van der Waals surface area contributed by atoms with Gasteiger partial charge in [-0.25, -0.2) is 0 Å². The molecule has 0 aromatic heterocycles. The maximum absolute atomic E-state index is 7.38. The van der Waals surface area contributed by atoms with Gasteiger partial charge >= 0.3 is 0 Å². The van der Waals surface area contributed by atoms with Crippen molar-refractivity contribution in [3.8, 4) is 0 Å². The van der Waals surface area contributed by atoms with Gasteiger partial charge in [-0.2, -0.15) is 0 Å². The normalized spacial score (nSPS) is 18.9.